The van der Waals surface area contributed by atoms with Crippen LogP contribution in [0.4, 0.5) is 0 Å². The second-order valence-electron chi connectivity index (χ2n) is 12.5. The first kappa shape index (κ1) is 37.4. The van der Waals surface area contributed by atoms with Gasteiger partial charge in [-0.1, -0.05) is 77.1 Å². The SMILES string of the molecule is CCCN(CCC)C(=O)c1cccc(C(=O)N[C@@H](Cc2cccs2)[C@@H](N)C[C@@H](C)C(=O)N[C@H](C(=O)NCc2ccccc2)C(C)C)c1. The fourth-order valence-corrected chi connectivity index (χ4v) is 6.21. The van der Waals surface area contributed by atoms with Crippen LogP contribution in [-0.4, -0.2) is 59.7 Å². The van der Waals surface area contributed by atoms with Gasteiger partial charge >= 0.3 is 0 Å². The minimum absolute atomic E-state index is 0.0940. The fraction of sp³-hybridized carbons (Fsp3) is 0.459. The molecule has 0 saturated heterocycles. The van der Waals surface area contributed by atoms with Crippen LogP contribution in [0.2, 0.25) is 0 Å². The zero-order valence-corrected chi connectivity index (χ0v) is 29.1. The van der Waals surface area contributed by atoms with Gasteiger partial charge in [0, 0.05) is 60.1 Å². The Morgan fingerprint density at radius 2 is 1.51 bits per heavy atom. The van der Waals surface area contributed by atoms with Crippen LogP contribution in [0.3, 0.4) is 0 Å². The Balaban J connectivity index is 1.68. The van der Waals surface area contributed by atoms with Gasteiger partial charge in [-0.25, -0.2) is 0 Å². The van der Waals surface area contributed by atoms with Gasteiger partial charge in [0.05, 0.1) is 0 Å². The number of nitrogens with two attached hydrogens (primary N) is 1. The highest BCUT2D eigenvalue weighted by Gasteiger charge is 2.30. The van der Waals surface area contributed by atoms with Gasteiger partial charge in [-0.05, 0) is 60.4 Å². The van der Waals surface area contributed by atoms with Gasteiger partial charge in [-0.15, -0.1) is 11.3 Å². The van der Waals surface area contributed by atoms with Crippen LogP contribution in [0.5, 0.6) is 0 Å². The molecular formula is C37H51N5O4S. The van der Waals surface area contributed by atoms with Crippen LogP contribution in [0.1, 0.15) is 85.0 Å². The van der Waals surface area contributed by atoms with Crippen molar-refractivity contribution in [1.29, 1.82) is 0 Å². The van der Waals surface area contributed by atoms with Crippen molar-refractivity contribution in [3.63, 3.8) is 0 Å². The molecule has 4 atom stereocenters. The van der Waals surface area contributed by atoms with Crippen molar-refractivity contribution < 1.29 is 19.2 Å². The Morgan fingerprint density at radius 3 is 2.13 bits per heavy atom. The first-order valence-electron chi connectivity index (χ1n) is 16.6. The summed E-state index contributed by atoms with van der Waals surface area (Å²) in [6.07, 6.45) is 2.49. The van der Waals surface area contributed by atoms with Crippen molar-refractivity contribution >= 4 is 35.0 Å². The van der Waals surface area contributed by atoms with Crippen LogP contribution in [-0.2, 0) is 22.6 Å². The van der Waals surface area contributed by atoms with Crippen molar-refractivity contribution in [2.24, 2.45) is 17.6 Å². The molecule has 254 valence electrons. The van der Waals surface area contributed by atoms with E-state index in [1.807, 2.05) is 80.4 Å². The number of hydrogen-bond donors (Lipinski definition) is 4. The maximum absolute atomic E-state index is 13.6. The molecule has 9 nitrogen and oxygen atoms in total. The van der Waals surface area contributed by atoms with E-state index in [2.05, 4.69) is 16.0 Å². The lowest BCUT2D eigenvalue weighted by molar-refractivity contribution is -0.132. The molecule has 47 heavy (non-hydrogen) atoms. The molecule has 1 aromatic heterocycles. The van der Waals surface area contributed by atoms with Crippen molar-refractivity contribution in [2.75, 3.05) is 13.1 Å². The second kappa shape index (κ2) is 19.0. The lowest BCUT2D eigenvalue weighted by atomic mass is 9.93. The van der Waals surface area contributed by atoms with Gasteiger partial charge < -0.3 is 26.6 Å². The lowest BCUT2D eigenvalue weighted by Gasteiger charge is -2.28. The Morgan fingerprint density at radius 1 is 0.830 bits per heavy atom. The summed E-state index contributed by atoms with van der Waals surface area (Å²) >= 11 is 1.57. The number of nitrogens with one attached hydrogen (secondary N) is 3. The summed E-state index contributed by atoms with van der Waals surface area (Å²) in [5.74, 6) is -1.58. The lowest BCUT2D eigenvalue weighted by Crippen LogP contribution is -2.53. The maximum atomic E-state index is 13.6. The van der Waals surface area contributed by atoms with Gasteiger partial charge in [0.15, 0.2) is 0 Å². The highest BCUT2D eigenvalue weighted by atomic mass is 32.1. The van der Waals surface area contributed by atoms with Crippen molar-refractivity contribution in [3.8, 4) is 0 Å². The molecule has 3 aromatic rings. The summed E-state index contributed by atoms with van der Waals surface area (Å²) in [6, 6.07) is 18.6. The average molecular weight is 662 g/mol. The molecule has 10 heteroatoms. The van der Waals surface area contributed by atoms with E-state index in [9.17, 15) is 19.2 Å². The molecule has 2 aromatic carbocycles. The number of nitrogens with zero attached hydrogens (tertiary/aromatic N) is 1. The largest absolute Gasteiger partial charge is 0.350 e. The highest BCUT2D eigenvalue weighted by molar-refractivity contribution is 7.09. The third-order valence-electron chi connectivity index (χ3n) is 8.11. The monoisotopic (exact) mass is 661 g/mol. The predicted octanol–water partition coefficient (Wildman–Crippen LogP) is 5.16. The molecule has 0 unspecified atom stereocenters. The van der Waals surface area contributed by atoms with Gasteiger partial charge in [0.2, 0.25) is 11.8 Å². The number of hydrogen-bond acceptors (Lipinski definition) is 6. The number of amides is 4. The number of benzene rings is 2. The Hall–Kier alpha value is -4.02. The molecule has 0 saturated carbocycles. The molecule has 0 aliphatic heterocycles. The Labute approximate surface area is 283 Å². The van der Waals surface area contributed by atoms with Crippen LogP contribution >= 0.6 is 11.3 Å². The van der Waals surface area contributed by atoms with Gasteiger partial charge in [-0.3, -0.25) is 19.2 Å². The topological polar surface area (TPSA) is 134 Å². The summed E-state index contributed by atoms with van der Waals surface area (Å²) < 4.78 is 0. The third-order valence-corrected chi connectivity index (χ3v) is 9.01. The number of carbonyl (C=O) groups excluding carboxylic acids is 4. The van der Waals surface area contributed by atoms with Crippen LogP contribution in [0.15, 0.2) is 72.1 Å². The number of thiophene rings is 1. The minimum atomic E-state index is -0.702. The first-order valence-corrected chi connectivity index (χ1v) is 17.5. The Bertz CT molecular complexity index is 1420. The fourth-order valence-electron chi connectivity index (χ4n) is 5.44. The molecule has 0 radical (unpaired) electrons. The summed E-state index contributed by atoms with van der Waals surface area (Å²) in [5.41, 5.74) is 8.53. The van der Waals surface area contributed by atoms with Crippen LogP contribution in [0.25, 0.3) is 0 Å². The normalized spacial score (nSPS) is 13.7. The Kier molecular flexibility index (Phi) is 15.1. The van der Waals surface area contributed by atoms with E-state index in [1.54, 1.807) is 42.5 Å². The minimum Gasteiger partial charge on any atom is -0.350 e. The van der Waals surface area contributed by atoms with E-state index in [1.165, 1.54) is 0 Å². The summed E-state index contributed by atoms with van der Waals surface area (Å²) in [7, 11) is 0. The molecule has 0 fully saturated rings. The molecule has 1 heterocycles. The van der Waals surface area contributed by atoms with Crippen LogP contribution < -0.4 is 21.7 Å². The van der Waals surface area contributed by atoms with Gasteiger partial charge in [-0.2, -0.15) is 0 Å². The number of carbonyl (C=O) groups is 4. The standard InChI is InChI=1S/C37H51N5O4S/c1-6-18-42(19-7-2)37(46)29-16-11-15-28(22-29)35(44)40-32(23-30-17-12-20-47-30)31(38)21-26(5)34(43)41-33(25(3)4)36(45)39-24-27-13-9-8-10-14-27/h8-17,20,22,25-26,31-33H,6-7,18-19,21,23-24,38H2,1-5H3,(H,39,45)(H,40,44)(H,41,43)/t26-,31+,32+,33+/m1/s1. The van der Waals surface area contributed by atoms with E-state index in [0.717, 1.165) is 23.3 Å². The second-order valence-corrected chi connectivity index (χ2v) is 13.5. The van der Waals surface area contributed by atoms with E-state index < -0.39 is 24.0 Å². The quantitative estimate of drug-likeness (QED) is 0.150. The average Bonchev–Trinajstić information content (AvgIpc) is 3.58. The van der Waals surface area contributed by atoms with Gasteiger partial charge in [0.25, 0.3) is 11.8 Å². The summed E-state index contributed by atoms with van der Waals surface area (Å²) in [6.45, 7) is 11.3. The smallest absolute Gasteiger partial charge is 0.253 e. The zero-order chi connectivity index (χ0) is 34.3. The zero-order valence-electron chi connectivity index (χ0n) is 28.3. The first-order chi connectivity index (χ1) is 22.5. The van der Waals surface area contributed by atoms with E-state index in [4.69, 9.17) is 5.73 Å². The molecule has 4 amide bonds. The van der Waals surface area contributed by atoms with E-state index >= 15 is 0 Å². The molecular weight excluding hydrogens is 611 g/mol. The summed E-state index contributed by atoms with van der Waals surface area (Å²) in [5, 5.41) is 10.9. The third kappa shape index (κ3) is 11.6. The van der Waals surface area contributed by atoms with Crippen LogP contribution in [0, 0.1) is 11.8 Å². The maximum Gasteiger partial charge on any atom is 0.253 e. The molecule has 3 rings (SSSR count). The molecule has 0 bridgehead atoms. The van der Waals surface area contributed by atoms with Gasteiger partial charge in [0.1, 0.15) is 6.04 Å². The predicted molar refractivity (Wildman–Crippen MR) is 189 cm³/mol. The van der Waals surface area contributed by atoms with E-state index in [-0.39, 0.29) is 29.5 Å². The number of rotatable bonds is 18. The molecule has 0 aliphatic carbocycles. The summed E-state index contributed by atoms with van der Waals surface area (Å²) in [4.78, 5) is 56.0. The van der Waals surface area contributed by atoms with Crippen molar-refractivity contribution in [3.05, 3.63) is 93.7 Å². The molecule has 5 N–H and O–H groups in total. The van der Waals surface area contributed by atoms with Crippen molar-refractivity contribution in [1.82, 2.24) is 20.9 Å². The highest BCUT2D eigenvalue weighted by Crippen LogP contribution is 2.18. The van der Waals surface area contributed by atoms with E-state index in [0.29, 0.717) is 43.6 Å². The van der Waals surface area contributed by atoms with Crippen molar-refractivity contribution in [2.45, 2.75) is 85.0 Å². The molecule has 0 spiro atoms. The molecule has 0 aliphatic rings.